The van der Waals surface area contributed by atoms with Crippen LogP contribution in [0.2, 0.25) is 0 Å². The van der Waals surface area contributed by atoms with E-state index < -0.39 is 29.8 Å². The van der Waals surface area contributed by atoms with E-state index in [4.69, 9.17) is 4.74 Å². The number of alkyl carbamates (subject to hydrolysis) is 1. The third-order valence-electron chi connectivity index (χ3n) is 7.66. The molecule has 0 aromatic rings. The van der Waals surface area contributed by atoms with Gasteiger partial charge in [-0.05, 0) is 76.5 Å². The molecule has 35 heavy (non-hydrogen) atoms. The molecule has 1 aliphatic carbocycles. The van der Waals surface area contributed by atoms with Crippen LogP contribution in [0.25, 0.3) is 0 Å². The van der Waals surface area contributed by atoms with Gasteiger partial charge in [0.25, 0.3) is 0 Å². The highest BCUT2D eigenvalue weighted by Gasteiger charge is 2.69. The Labute approximate surface area is 209 Å². The molecule has 0 radical (unpaired) electrons. The molecule has 2 aliphatic heterocycles. The lowest BCUT2D eigenvalue weighted by molar-refractivity contribution is -0.142. The molecule has 0 aromatic heterocycles. The molecule has 2 heterocycles. The van der Waals surface area contributed by atoms with Crippen LogP contribution < -0.4 is 10.6 Å². The van der Waals surface area contributed by atoms with Crippen molar-refractivity contribution in [1.29, 1.82) is 0 Å². The van der Waals surface area contributed by atoms with E-state index in [1.807, 2.05) is 0 Å². The zero-order chi connectivity index (χ0) is 25.8. The summed E-state index contributed by atoms with van der Waals surface area (Å²) in [4.78, 5) is 53.0. The Hall–Kier alpha value is -2.38. The van der Waals surface area contributed by atoms with Crippen LogP contribution in [0.4, 0.5) is 4.79 Å². The first-order valence-corrected chi connectivity index (χ1v) is 13.2. The number of hydrogen-bond donors (Lipinski definition) is 2. The van der Waals surface area contributed by atoms with Gasteiger partial charge >= 0.3 is 6.09 Å². The van der Waals surface area contributed by atoms with Crippen molar-refractivity contribution in [2.24, 2.45) is 17.3 Å². The summed E-state index contributed by atoms with van der Waals surface area (Å²) in [6.07, 6.45) is 10.9. The zero-order valence-corrected chi connectivity index (χ0v) is 22.0. The number of ether oxygens (including phenoxy) is 1. The van der Waals surface area contributed by atoms with Crippen molar-refractivity contribution >= 4 is 24.2 Å². The Bertz CT molecular complexity index is 831. The van der Waals surface area contributed by atoms with Crippen LogP contribution in [-0.2, 0) is 19.1 Å². The maximum absolute atomic E-state index is 13.7. The second kappa shape index (κ2) is 11.1. The van der Waals surface area contributed by atoms with Gasteiger partial charge in [0.1, 0.15) is 24.0 Å². The van der Waals surface area contributed by atoms with Crippen molar-refractivity contribution in [3.05, 3.63) is 12.2 Å². The number of nitrogens with zero attached hydrogens (tertiary/aromatic N) is 1. The summed E-state index contributed by atoms with van der Waals surface area (Å²) in [5.41, 5.74) is -0.714. The molecule has 8 nitrogen and oxygen atoms in total. The van der Waals surface area contributed by atoms with Gasteiger partial charge < -0.3 is 25.1 Å². The monoisotopic (exact) mass is 489 g/mol. The van der Waals surface area contributed by atoms with Crippen molar-refractivity contribution in [1.82, 2.24) is 15.5 Å². The number of allylic oxidation sites excluding steroid dienone is 2. The van der Waals surface area contributed by atoms with E-state index in [0.717, 1.165) is 44.8 Å². The predicted octanol–water partition coefficient (Wildman–Crippen LogP) is 3.74. The Morgan fingerprint density at radius 2 is 1.74 bits per heavy atom. The van der Waals surface area contributed by atoms with Crippen molar-refractivity contribution < 1.29 is 23.9 Å². The van der Waals surface area contributed by atoms with Crippen LogP contribution in [0.1, 0.15) is 86.0 Å². The predicted molar refractivity (Wildman–Crippen MR) is 133 cm³/mol. The molecule has 3 amide bonds. The third-order valence-corrected chi connectivity index (χ3v) is 7.66. The summed E-state index contributed by atoms with van der Waals surface area (Å²) in [6.45, 7) is 10.1. The van der Waals surface area contributed by atoms with E-state index in [1.165, 1.54) is 0 Å². The molecule has 1 saturated carbocycles. The number of carbonyl (C=O) groups excluding carboxylic acids is 4. The minimum atomic E-state index is -0.762. The number of carbonyl (C=O) groups is 4. The van der Waals surface area contributed by atoms with E-state index in [0.29, 0.717) is 19.4 Å². The van der Waals surface area contributed by atoms with Crippen molar-refractivity contribution in [3.63, 3.8) is 0 Å². The number of rotatable bonds is 2. The van der Waals surface area contributed by atoms with Gasteiger partial charge in [-0.2, -0.15) is 0 Å². The molecule has 2 N–H and O–H groups in total. The summed E-state index contributed by atoms with van der Waals surface area (Å²) in [5.74, 6) is -0.239. The minimum absolute atomic E-state index is 0.0338. The molecule has 0 aromatic carbocycles. The van der Waals surface area contributed by atoms with E-state index in [2.05, 4.69) is 36.6 Å². The largest absolute Gasteiger partial charge is 0.444 e. The average Bonchev–Trinajstić information content (AvgIpc) is 3.09. The Balaban J connectivity index is 1.82. The molecule has 0 unspecified atom stereocenters. The molecule has 1 saturated heterocycles. The van der Waals surface area contributed by atoms with Gasteiger partial charge in [0.05, 0.1) is 6.04 Å². The summed E-state index contributed by atoms with van der Waals surface area (Å²) < 4.78 is 5.42. The zero-order valence-electron chi connectivity index (χ0n) is 22.0. The lowest BCUT2D eigenvalue weighted by atomic mass is 9.98. The molecule has 8 heteroatoms. The van der Waals surface area contributed by atoms with Gasteiger partial charge in [-0.3, -0.25) is 9.59 Å². The topological polar surface area (TPSA) is 105 Å². The smallest absolute Gasteiger partial charge is 0.408 e. The standard InChI is InChI=1S/C27H43N3O5/c1-26(2,3)35-25(34)29-20-15-13-11-9-7-6-8-10-12-14-18(17-31)28-23(32)22-21-19(27(21,4)5)16-30(22)24(20)33/h6-7,17-22H,8-16H2,1-5H3,(H,28,32)(H,29,34)/t18-,19-,20-,21-,22-/m0/s1. The highest BCUT2D eigenvalue weighted by molar-refractivity contribution is 5.93. The first-order valence-electron chi connectivity index (χ1n) is 13.2. The quantitative estimate of drug-likeness (QED) is 0.454. The SMILES string of the molecule is CC(C)(C)OC(=O)N[C@H]1CCCCC=CCCCC[C@@H](C=O)NC(=O)[C@@H]2[C@@H]3[C@H](CN2C1=O)C3(C)C. The van der Waals surface area contributed by atoms with Crippen LogP contribution in [0.5, 0.6) is 0 Å². The molecule has 5 atom stereocenters. The fraction of sp³-hybridized carbons (Fsp3) is 0.778. The third kappa shape index (κ3) is 6.85. The number of fused-ring (bicyclic) bond motifs is 3. The normalized spacial score (nSPS) is 32.0. The fourth-order valence-electron chi connectivity index (χ4n) is 5.64. The van der Waals surface area contributed by atoms with Crippen LogP contribution >= 0.6 is 0 Å². The number of hydrogen-bond acceptors (Lipinski definition) is 5. The van der Waals surface area contributed by atoms with Gasteiger partial charge in [0, 0.05) is 6.54 Å². The fourth-order valence-corrected chi connectivity index (χ4v) is 5.64. The van der Waals surface area contributed by atoms with E-state index >= 15 is 0 Å². The Morgan fingerprint density at radius 1 is 1.11 bits per heavy atom. The van der Waals surface area contributed by atoms with Gasteiger partial charge in [-0.1, -0.05) is 38.8 Å². The lowest BCUT2D eigenvalue weighted by Crippen LogP contribution is -2.57. The summed E-state index contributed by atoms with van der Waals surface area (Å²) in [5, 5.41) is 5.68. The highest BCUT2D eigenvalue weighted by atomic mass is 16.6. The van der Waals surface area contributed by atoms with Crippen molar-refractivity contribution in [2.45, 2.75) is 110 Å². The maximum Gasteiger partial charge on any atom is 0.408 e. The molecule has 196 valence electrons. The molecule has 0 spiro atoms. The van der Waals surface area contributed by atoms with Gasteiger partial charge in [0.15, 0.2) is 0 Å². The molecule has 3 rings (SSSR count). The molecular weight excluding hydrogens is 446 g/mol. The van der Waals surface area contributed by atoms with Gasteiger partial charge in [-0.15, -0.1) is 0 Å². The maximum atomic E-state index is 13.7. The van der Waals surface area contributed by atoms with E-state index in [-0.39, 0.29) is 29.1 Å². The van der Waals surface area contributed by atoms with Crippen LogP contribution in [0, 0.1) is 17.3 Å². The summed E-state index contributed by atoms with van der Waals surface area (Å²) in [7, 11) is 0. The number of nitrogens with one attached hydrogen (secondary N) is 2. The van der Waals surface area contributed by atoms with Crippen molar-refractivity contribution in [2.75, 3.05) is 6.54 Å². The molecule has 0 bridgehead atoms. The minimum Gasteiger partial charge on any atom is -0.444 e. The molecule has 2 fully saturated rings. The Kier molecular flexibility index (Phi) is 8.65. The number of amides is 3. The Morgan fingerprint density at radius 3 is 2.34 bits per heavy atom. The molecule has 3 aliphatic rings. The second-order valence-corrected chi connectivity index (χ2v) is 11.9. The van der Waals surface area contributed by atoms with Crippen LogP contribution in [0.15, 0.2) is 12.2 Å². The first-order chi connectivity index (χ1) is 16.5. The molecular formula is C27H43N3O5. The summed E-state index contributed by atoms with van der Waals surface area (Å²) >= 11 is 0. The average molecular weight is 490 g/mol. The van der Waals surface area contributed by atoms with Gasteiger partial charge in [0.2, 0.25) is 11.8 Å². The lowest BCUT2D eigenvalue weighted by Gasteiger charge is -2.33. The number of piperidine rings is 1. The van der Waals surface area contributed by atoms with Gasteiger partial charge in [-0.25, -0.2) is 4.79 Å². The van der Waals surface area contributed by atoms with E-state index in [1.54, 1.807) is 25.7 Å². The van der Waals surface area contributed by atoms with Crippen molar-refractivity contribution in [3.8, 4) is 0 Å². The second-order valence-electron chi connectivity index (χ2n) is 11.9. The highest BCUT2D eigenvalue weighted by Crippen LogP contribution is 2.64. The van der Waals surface area contributed by atoms with Crippen LogP contribution in [0.3, 0.4) is 0 Å². The number of aldehydes is 1. The first kappa shape index (κ1) is 27.2. The van der Waals surface area contributed by atoms with E-state index in [9.17, 15) is 19.2 Å². The summed E-state index contributed by atoms with van der Waals surface area (Å²) in [6, 6.07) is -1.96. The van der Waals surface area contributed by atoms with Crippen LogP contribution in [-0.4, -0.2) is 59.4 Å².